The molecule has 8 heavy (non-hydrogen) atoms. The lowest BCUT2D eigenvalue weighted by molar-refractivity contribution is 1.04. The molecule has 0 amide bonds. The zero-order chi connectivity index (χ0) is 5.82. The van der Waals surface area contributed by atoms with Crippen LogP contribution in [0.5, 0.6) is 0 Å². The van der Waals surface area contributed by atoms with Gasteiger partial charge in [0.2, 0.25) is 0 Å². The van der Waals surface area contributed by atoms with Crippen molar-refractivity contribution in [2.75, 3.05) is 6.44 Å². The molecule has 2 heteroatoms. The van der Waals surface area contributed by atoms with Crippen LogP contribution < -0.4 is 5.32 Å². The predicted octanol–water partition coefficient (Wildman–Crippen LogP) is 0.862. The Bertz CT molecular complexity index is 118. The van der Waals surface area contributed by atoms with E-state index in [1.54, 1.807) is 0 Å². The first-order chi connectivity index (χ1) is 3.89. The molecule has 1 aliphatic rings. The van der Waals surface area contributed by atoms with E-state index in [0.717, 1.165) is 6.44 Å². The van der Waals surface area contributed by atoms with E-state index in [-0.39, 0.29) is 0 Å². The van der Waals surface area contributed by atoms with Gasteiger partial charge in [-0.1, -0.05) is 12.9 Å². The van der Waals surface area contributed by atoms with E-state index in [9.17, 15) is 0 Å². The lowest BCUT2D eigenvalue weighted by Crippen LogP contribution is -2.20. The lowest BCUT2D eigenvalue weighted by atomic mass is 9.52. The van der Waals surface area contributed by atoms with E-state index in [4.69, 9.17) is 0 Å². The van der Waals surface area contributed by atoms with Crippen molar-refractivity contribution in [2.45, 2.75) is 6.82 Å². The van der Waals surface area contributed by atoms with Gasteiger partial charge >= 0.3 is 0 Å². The van der Waals surface area contributed by atoms with Crippen LogP contribution in [0, 0.1) is 0 Å². The Morgan fingerprint density at radius 3 is 3.25 bits per heavy atom. The molecule has 0 aromatic rings. The van der Waals surface area contributed by atoms with E-state index < -0.39 is 0 Å². The molecule has 1 heterocycles. The van der Waals surface area contributed by atoms with Crippen LogP contribution in [-0.4, -0.2) is 13.2 Å². The van der Waals surface area contributed by atoms with Crippen LogP contribution in [0.4, 0.5) is 0 Å². The lowest BCUT2D eigenvalue weighted by Gasteiger charge is -1.97. The molecule has 0 unspecified atom stereocenters. The van der Waals surface area contributed by atoms with Crippen molar-refractivity contribution in [3.05, 3.63) is 24.3 Å². The van der Waals surface area contributed by atoms with Crippen molar-refractivity contribution < 1.29 is 0 Å². The van der Waals surface area contributed by atoms with Crippen molar-refractivity contribution in [1.29, 1.82) is 0 Å². The summed E-state index contributed by atoms with van der Waals surface area (Å²) in [7, 11) is 0. The second-order valence-corrected chi connectivity index (χ2v) is 2.13. The molecular weight excluding hydrogens is 96.9 g/mol. The Morgan fingerprint density at radius 2 is 2.38 bits per heavy atom. The number of hydrogen-bond donors (Lipinski definition) is 1. The number of allylic oxidation sites excluding steroid dienone is 2. The average Bonchev–Trinajstić information content (AvgIpc) is 1.94. The summed E-state index contributed by atoms with van der Waals surface area (Å²) in [6, 6.07) is 0. The molecule has 42 valence electrons. The first-order valence-electron chi connectivity index (χ1n) is 2.96. The maximum absolute atomic E-state index is 3.15. The highest BCUT2D eigenvalue weighted by atomic mass is 14.8. The molecule has 0 aromatic heterocycles. The van der Waals surface area contributed by atoms with Crippen LogP contribution in [0.2, 0.25) is 6.82 Å². The average molecular weight is 107 g/mol. The first kappa shape index (κ1) is 5.48. The number of rotatable bonds is 0. The second-order valence-electron chi connectivity index (χ2n) is 2.13. The van der Waals surface area contributed by atoms with Crippen molar-refractivity contribution in [1.82, 2.24) is 5.32 Å². The number of hydrogen-bond acceptors (Lipinski definition) is 1. The Labute approximate surface area is 50.6 Å². The van der Waals surface area contributed by atoms with Gasteiger partial charge in [-0.25, -0.2) is 0 Å². The predicted molar refractivity (Wildman–Crippen MR) is 37.9 cm³/mol. The quantitative estimate of drug-likeness (QED) is 0.452. The maximum Gasteiger partial charge on any atom is 0.185 e. The highest BCUT2D eigenvalue weighted by Crippen LogP contribution is 1.87. The summed E-state index contributed by atoms with van der Waals surface area (Å²) in [5.41, 5.74) is 0. The topological polar surface area (TPSA) is 12.0 Å². The third-order valence-corrected chi connectivity index (χ3v) is 1.20. The third kappa shape index (κ3) is 1.45. The summed E-state index contributed by atoms with van der Waals surface area (Å²) in [4.78, 5) is 0. The normalized spacial score (nSPS) is 17.9. The van der Waals surface area contributed by atoms with Gasteiger partial charge in [0.1, 0.15) is 0 Å². The summed E-state index contributed by atoms with van der Waals surface area (Å²) >= 11 is 0. The molecule has 1 rings (SSSR count). The maximum atomic E-state index is 3.15. The molecule has 0 saturated heterocycles. The van der Waals surface area contributed by atoms with Crippen LogP contribution >= 0.6 is 0 Å². The largest absolute Gasteiger partial charge is 0.398 e. The minimum atomic E-state index is 0.671. The molecule has 1 N–H and O–H groups in total. The molecule has 0 aromatic carbocycles. The van der Waals surface area contributed by atoms with Gasteiger partial charge in [0.15, 0.2) is 6.71 Å². The van der Waals surface area contributed by atoms with Crippen molar-refractivity contribution >= 4 is 6.71 Å². The van der Waals surface area contributed by atoms with Gasteiger partial charge in [-0.05, 0) is 18.7 Å². The van der Waals surface area contributed by atoms with Crippen molar-refractivity contribution in [3.63, 3.8) is 0 Å². The Balaban J connectivity index is 2.46. The molecule has 0 fully saturated rings. The van der Waals surface area contributed by atoms with Gasteiger partial charge in [0.25, 0.3) is 0 Å². The summed E-state index contributed by atoms with van der Waals surface area (Å²) in [6.45, 7) is 2.86. The van der Waals surface area contributed by atoms with E-state index >= 15 is 0 Å². The Morgan fingerprint density at radius 1 is 1.50 bits per heavy atom. The van der Waals surface area contributed by atoms with Crippen LogP contribution in [-0.2, 0) is 0 Å². The molecule has 0 bridgehead atoms. The van der Waals surface area contributed by atoms with E-state index in [1.807, 2.05) is 12.3 Å². The molecule has 0 spiro atoms. The van der Waals surface area contributed by atoms with Crippen LogP contribution in [0.25, 0.3) is 0 Å². The molecule has 0 atom stereocenters. The van der Waals surface area contributed by atoms with Gasteiger partial charge in [-0.2, -0.15) is 0 Å². The third-order valence-electron chi connectivity index (χ3n) is 1.20. The molecule has 0 aliphatic carbocycles. The van der Waals surface area contributed by atoms with Gasteiger partial charge in [0.05, 0.1) is 0 Å². The first-order valence-corrected chi connectivity index (χ1v) is 2.96. The van der Waals surface area contributed by atoms with Crippen LogP contribution in [0.3, 0.4) is 0 Å². The summed E-state index contributed by atoms with van der Waals surface area (Å²) in [5, 5.41) is 3.15. The fraction of sp³-hybridized carbons (Fsp3) is 0.333. The molecular formula is C6H10BN. The van der Waals surface area contributed by atoms with Crippen molar-refractivity contribution in [2.24, 2.45) is 0 Å². The molecule has 1 aliphatic heterocycles. The summed E-state index contributed by atoms with van der Waals surface area (Å²) < 4.78 is 0. The van der Waals surface area contributed by atoms with E-state index in [1.165, 1.54) is 0 Å². The smallest absolute Gasteiger partial charge is 0.185 e. The Hall–Kier alpha value is -0.655. The Kier molecular flexibility index (Phi) is 1.78. The SMILES string of the molecule is CB1C=CC=CNC1. The minimum Gasteiger partial charge on any atom is -0.398 e. The zero-order valence-electron chi connectivity index (χ0n) is 5.09. The number of nitrogens with one attached hydrogen (secondary N) is 1. The fourth-order valence-electron chi connectivity index (χ4n) is 0.699. The minimum absolute atomic E-state index is 0.671. The van der Waals surface area contributed by atoms with E-state index in [0.29, 0.717) is 6.71 Å². The summed E-state index contributed by atoms with van der Waals surface area (Å²) in [5.74, 6) is 2.19. The highest BCUT2D eigenvalue weighted by Gasteiger charge is 1.99. The standard InChI is InChI=1S/C6H10BN/c1-7-4-2-3-5-8-6-7/h2-5,8H,6H2,1H3. The monoisotopic (exact) mass is 107 g/mol. The van der Waals surface area contributed by atoms with Crippen molar-refractivity contribution in [3.8, 4) is 0 Å². The van der Waals surface area contributed by atoms with Gasteiger partial charge in [-0.3, -0.25) is 0 Å². The molecule has 0 radical (unpaired) electrons. The molecule has 0 saturated carbocycles. The second kappa shape index (κ2) is 2.60. The summed E-state index contributed by atoms with van der Waals surface area (Å²) in [6.07, 6.45) is 7.13. The van der Waals surface area contributed by atoms with Crippen LogP contribution in [0.1, 0.15) is 0 Å². The van der Waals surface area contributed by atoms with Crippen LogP contribution in [0.15, 0.2) is 24.3 Å². The highest BCUT2D eigenvalue weighted by molar-refractivity contribution is 6.63. The zero-order valence-corrected chi connectivity index (χ0v) is 5.09. The van der Waals surface area contributed by atoms with E-state index in [2.05, 4.69) is 24.2 Å². The van der Waals surface area contributed by atoms with Gasteiger partial charge in [-0.15, -0.1) is 5.98 Å². The van der Waals surface area contributed by atoms with Gasteiger partial charge < -0.3 is 5.32 Å². The van der Waals surface area contributed by atoms with Gasteiger partial charge in [0, 0.05) is 0 Å². The molecule has 1 nitrogen and oxygen atoms in total. The fourth-order valence-corrected chi connectivity index (χ4v) is 0.699.